The number of carboxylic acids is 1. The van der Waals surface area contributed by atoms with Gasteiger partial charge in [-0.25, -0.2) is 13.6 Å². The van der Waals surface area contributed by atoms with Crippen LogP contribution < -0.4 is 9.64 Å². The zero-order valence-electron chi connectivity index (χ0n) is 19.9. The van der Waals surface area contributed by atoms with Crippen LogP contribution in [0.2, 0.25) is 5.02 Å². The first kappa shape index (κ1) is 25.4. The molecule has 1 fully saturated rings. The molecule has 6 nitrogen and oxygen atoms in total. The quantitative estimate of drug-likeness (QED) is 0.227. The Kier molecular flexibility index (Phi) is 7.07. The molecule has 1 aliphatic carbocycles. The summed E-state index contributed by atoms with van der Waals surface area (Å²) in [6.07, 6.45) is 3.59. The van der Waals surface area contributed by atoms with E-state index in [0.717, 1.165) is 12.8 Å². The molecule has 1 aliphatic rings. The van der Waals surface area contributed by atoms with Crippen molar-refractivity contribution >= 4 is 34.7 Å². The van der Waals surface area contributed by atoms with Crippen LogP contribution in [-0.4, -0.2) is 28.4 Å². The molecule has 0 aliphatic heterocycles. The second kappa shape index (κ2) is 10.6. The standard InChI is InChI=1S/C29H21ClF2N2O4/c30-19-8-11-25(23(32)14-19)34(16-17-5-6-17)20-9-10-24(33-15-20)28(35)18-7-12-26(21(13-18)29(36)37)38-27-4-2-1-3-22(27)31/h1-4,7-15,17H,5-6,16H2,(H,36,37). The minimum Gasteiger partial charge on any atom is -0.478 e. The molecule has 9 heteroatoms. The van der Waals surface area contributed by atoms with Gasteiger partial charge in [0.1, 0.15) is 22.8 Å². The number of hydrogen-bond donors (Lipinski definition) is 1. The maximum absolute atomic E-state index is 14.7. The lowest BCUT2D eigenvalue weighted by atomic mass is 10.0. The van der Waals surface area contributed by atoms with E-state index in [1.165, 1.54) is 54.7 Å². The minimum absolute atomic E-state index is 0.0714. The lowest BCUT2D eigenvalue weighted by Gasteiger charge is -2.25. The number of carbonyl (C=O) groups is 2. The van der Waals surface area contributed by atoms with Crippen molar-refractivity contribution in [2.75, 3.05) is 11.4 Å². The van der Waals surface area contributed by atoms with Crippen LogP contribution >= 0.6 is 11.6 Å². The normalized spacial score (nSPS) is 12.7. The Balaban J connectivity index is 1.41. The first-order chi connectivity index (χ1) is 18.3. The Bertz CT molecular complexity index is 1520. The van der Waals surface area contributed by atoms with Gasteiger partial charge in [-0.2, -0.15) is 0 Å². The zero-order chi connectivity index (χ0) is 26.8. The number of aromatic nitrogens is 1. The summed E-state index contributed by atoms with van der Waals surface area (Å²) in [4.78, 5) is 31.1. The van der Waals surface area contributed by atoms with E-state index in [9.17, 15) is 23.5 Å². The first-order valence-electron chi connectivity index (χ1n) is 11.8. The van der Waals surface area contributed by atoms with Gasteiger partial charge >= 0.3 is 5.97 Å². The maximum Gasteiger partial charge on any atom is 0.339 e. The van der Waals surface area contributed by atoms with Crippen molar-refractivity contribution < 1.29 is 28.2 Å². The van der Waals surface area contributed by atoms with Gasteiger partial charge in [0.05, 0.1) is 17.6 Å². The molecule has 192 valence electrons. The number of pyridine rings is 1. The smallest absolute Gasteiger partial charge is 0.339 e. The van der Waals surface area contributed by atoms with E-state index in [0.29, 0.717) is 28.9 Å². The number of para-hydroxylation sites is 1. The molecular weight excluding hydrogens is 514 g/mol. The van der Waals surface area contributed by atoms with Crippen LogP contribution in [0.4, 0.5) is 20.2 Å². The molecule has 5 rings (SSSR count). The summed E-state index contributed by atoms with van der Waals surface area (Å²) in [5.41, 5.74) is 0.815. The molecule has 1 aromatic heterocycles. The van der Waals surface area contributed by atoms with Crippen molar-refractivity contribution in [1.29, 1.82) is 0 Å². The molecule has 1 N–H and O–H groups in total. The third kappa shape index (κ3) is 5.50. The van der Waals surface area contributed by atoms with E-state index in [1.807, 2.05) is 4.90 Å². The predicted molar refractivity (Wildman–Crippen MR) is 139 cm³/mol. The largest absolute Gasteiger partial charge is 0.478 e. The Morgan fingerprint density at radius 3 is 2.42 bits per heavy atom. The number of anilines is 2. The number of rotatable bonds is 9. The van der Waals surface area contributed by atoms with E-state index in [1.54, 1.807) is 24.3 Å². The Hall–Kier alpha value is -4.30. The SMILES string of the molecule is O=C(c1ccc(Oc2ccccc2F)c(C(=O)O)c1)c1ccc(N(CC2CC2)c2ccc(Cl)cc2F)cn1. The van der Waals surface area contributed by atoms with E-state index in [2.05, 4.69) is 4.98 Å². The van der Waals surface area contributed by atoms with Gasteiger partial charge in [0.25, 0.3) is 0 Å². The highest BCUT2D eigenvalue weighted by atomic mass is 35.5. The van der Waals surface area contributed by atoms with Crippen LogP contribution in [0.1, 0.15) is 39.3 Å². The van der Waals surface area contributed by atoms with Crippen LogP contribution in [0, 0.1) is 17.6 Å². The molecule has 4 aromatic rings. The maximum atomic E-state index is 14.7. The number of nitrogens with zero attached hydrogens (tertiary/aromatic N) is 2. The molecule has 3 aromatic carbocycles. The number of ketones is 1. The second-order valence-electron chi connectivity index (χ2n) is 8.93. The van der Waals surface area contributed by atoms with Crippen LogP contribution in [0.25, 0.3) is 0 Å². The van der Waals surface area contributed by atoms with Gasteiger partial charge in [-0.1, -0.05) is 23.7 Å². The van der Waals surface area contributed by atoms with Gasteiger partial charge in [-0.15, -0.1) is 0 Å². The fourth-order valence-corrected chi connectivity index (χ4v) is 4.16. The highest BCUT2D eigenvalue weighted by Crippen LogP contribution is 2.37. The minimum atomic E-state index is -1.34. The second-order valence-corrected chi connectivity index (χ2v) is 9.37. The van der Waals surface area contributed by atoms with Gasteiger partial charge in [-0.3, -0.25) is 9.78 Å². The highest BCUT2D eigenvalue weighted by Gasteiger charge is 2.27. The third-order valence-corrected chi connectivity index (χ3v) is 6.39. The van der Waals surface area contributed by atoms with Gasteiger partial charge in [-0.05, 0) is 79.4 Å². The predicted octanol–water partition coefficient (Wildman–Crippen LogP) is 7.28. The van der Waals surface area contributed by atoms with Crippen molar-refractivity contribution in [3.05, 3.63) is 112 Å². The summed E-state index contributed by atoms with van der Waals surface area (Å²) < 4.78 is 34.1. The average molecular weight is 535 g/mol. The van der Waals surface area contributed by atoms with E-state index < -0.39 is 23.4 Å². The summed E-state index contributed by atoms with van der Waals surface area (Å²) in [5, 5.41) is 9.96. The molecule has 0 atom stereocenters. The third-order valence-electron chi connectivity index (χ3n) is 6.16. The molecule has 1 heterocycles. The van der Waals surface area contributed by atoms with Crippen molar-refractivity contribution in [1.82, 2.24) is 4.98 Å². The fraction of sp³-hybridized carbons (Fsp3) is 0.138. The first-order valence-corrected chi connectivity index (χ1v) is 12.2. The monoisotopic (exact) mass is 534 g/mol. The van der Waals surface area contributed by atoms with Gasteiger partial charge < -0.3 is 14.7 Å². The van der Waals surface area contributed by atoms with E-state index in [4.69, 9.17) is 16.3 Å². The fourth-order valence-electron chi connectivity index (χ4n) is 4.00. The van der Waals surface area contributed by atoms with Crippen LogP contribution in [-0.2, 0) is 0 Å². The van der Waals surface area contributed by atoms with Gasteiger partial charge in [0, 0.05) is 17.1 Å². The number of benzene rings is 3. The Morgan fingerprint density at radius 1 is 0.974 bits per heavy atom. The zero-order valence-corrected chi connectivity index (χ0v) is 20.7. The van der Waals surface area contributed by atoms with Gasteiger partial charge in [0.15, 0.2) is 11.6 Å². The number of carboxylic acid groups (broad SMARTS) is 1. The van der Waals surface area contributed by atoms with Crippen molar-refractivity contribution in [2.45, 2.75) is 12.8 Å². The summed E-state index contributed by atoms with van der Waals surface area (Å²) in [7, 11) is 0. The lowest BCUT2D eigenvalue weighted by Crippen LogP contribution is -2.21. The molecule has 0 saturated heterocycles. The van der Waals surface area contributed by atoms with E-state index in [-0.39, 0.29) is 28.3 Å². The van der Waals surface area contributed by atoms with E-state index >= 15 is 0 Å². The number of ether oxygens (including phenoxy) is 1. The molecule has 1 saturated carbocycles. The molecular formula is C29H21ClF2N2O4. The van der Waals surface area contributed by atoms with Crippen molar-refractivity contribution in [2.24, 2.45) is 5.92 Å². The summed E-state index contributed by atoms with van der Waals surface area (Å²) in [6, 6.07) is 17.1. The topological polar surface area (TPSA) is 79.7 Å². The molecule has 0 spiro atoms. The Morgan fingerprint density at radius 2 is 1.76 bits per heavy atom. The molecule has 0 unspecified atom stereocenters. The number of hydrogen-bond acceptors (Lipinski definition) is 5. The van der Waals surface area contributed by atoms with Gasteiger partial charge in [0.2, 0.25) is 5.78 Å². The van der Waals surface area contributed by atoms with Crippen LogP contribution in [0.15, 0.2) is 79.0 Å². The summed E-state index contributed by atoms with van der Waals surface area (Å²) in [6.45, 7) is 0.596. The van der Waals surface area contributed by atoms with Crippen molar-refractivity contribution in [3.8, 4) is 11.5 Å². The average Bonchev–Trinajstić information content (AvgIpc) is 3.73. The van der Waals surface area contributed by atoms with Crippen LogP contribution in [0.3, 0.4) is 0 Å². The highest BCUT2D eigenvalue weighted by molar-refractivity contribution is 6.30. The number of carbonyl (C=O) groups excluding carboxylic acids is 1. The van der Waals surface area contributed by atoms with Crippen LogP contribution in [0.5, 0.6) is 11.5 Å². The molecule has 0 bridgehead atoms. The summed E-state index contributed by atoms with van der Waals surface area (Å²) >= 11 is 5.92. The lowest BCUT2D eigenvalue weighted by molar-refractivity contribution is 0.0694. The Labute approximate surface area is 222 Å². The number of halogens is 3. The summed E-state index contributed by atoms with van der Waals surface area (Å²) in [5.74, 6) is -2.77. The van der Waals surface area contributed by atoms with Crippen molar-refractivity contribution in [3.63, 3.8) is 0 Å². The number of aromatic carboxylic acids is 1. The molecule has 0 radical (unpaired) electrons. The molecule has 0 amide bonds. The molecule has 38 heavy (non-hydrogen) atoms.